The lowest BCUT2D eigenvalue weighted by Crippen LogP contribution is -2.32. The van der Waals surface area contributed by atoms with E-state index in [9.17, 15) is 32.3 Å². The van der Waals surface area contributed by atoms with Gasteiger partial charge in [-0.1, -0.05) is 65.6 Å². The minimum atomic E-state index is -4.67. The highest BCUT2D eigenvalue weighted by molar-refractivity contribution is 8.00. The third-order valence-electron chi connectivity index (χ3n) is 8.19. The Labute approximate surface area is 278 Å². The number of ether oxygens (including phenoxy) is 2. The molecule has 4 aromatic carbocycles. The maximum Gasteiger partial charge on any atom is 0.416 e. The molecule has 1 fully saturated rings. The molecule has 3 atom stereocenters. The van der Waals surface area contributed by atoms with Gasteiger partial charge in [0.25, 0.3) is 5.91 Å². The van der Waals surface area contributed by atoms with Crippen molar-refractivity contribution in [2.24, 2.45) is 5.92 Å². The average Bonchev–Trinajstić information content (AvgIpc) is 3.56. The number of H-pyrrole nitrogens is 1. The van der Waals surface area contributed by atoms with Gasteiger partial charge in [-0.05, 0) is 58.8 Å². The first-order valence-corrected chi connectivity index (χ1v) is 16.3. The molecular weight excluding hydrogens is 668 g/mol. The fourth-order valence-corrected chi connectivity index (χ4v) is 8.57. The minimum absolute atomic E-state index is 0.186. The summed E-state index contributed by atoms with van der Waals surface area (Å²) in [6.07, 6.45) is -4.67. The minimum Gasteiger partial charge on any atom is -0.493 e. The van der Waals surface area contributed by atoms with Crippen LogP contribution in [-0.4, -0.2) is 41.7 Å². The summed E-state index contributed by atoms with van der Waals surface area (Å²) in [4.78, 5) is 56.5. The van der Waals surface area contributed by atoms with Gasteiger partial charge in [0, 0.05) is 16.5 Å². The summed E-state index contributed by atoms with van der Waals surface area (Å²) in [5.74, 6) is -3.13. The van der Waals surface area contributed by atoms with E-state index in [-0.39, 0.29) is 28.7 Å². The van der Waals surface area contributed by atoms with Gasteiger partial charge in [0.15, 0.2) is 18.1 Å². The predicted octanol–water partition coefficient (Wildman–Crippen LogP) is 6.43. The molecular formula is C34H24F3N3O6S2. The highest BCUT2D eigenvalue weighted by Gasteiger charge is 2.56. The molecule has 2 aliphatic heterocycles. The summed E-state index contributed by atoms with van der Waals surface area (Å²) in [6.45, 7) is -0.337. The molecule has 2 unspecified atom stereocenters. The van der Waals surface area contributed by atoms with Crippen LogP contribution in [0.4, 0.5) is 24.5 Å². The summed E-state index contributed by atoms with van der Waals surface area (Å²) in [5, 5.41) is 4.21. The zero-order valence-electron chi connectivity index (χ0n) is 24.9. The molecule has 5 aromatic rings. The smallest absolute Gasteiger partial charge is 0.416 e. The first-order chi connectivity index (χ1) is 23.0. The molecule has 244 valence electrons. The molecule has 1 aromatic heterocycles. The van der Waals surface area contributed by atoms with E-state index < -0.39 is 46.5 Å². The SMILES string of the molecule is COc1cc([C@H]2c3sc(=O)[nH]c3SC3C(=O)N(c4cccc(C(F)(F)F)c4)C(=O)C32)ccc1OCC(=O)Nc1ccc2ccccc2c1. The first kappa shape index (κ1) is 31.5. The largest absolute Gasteiger partial charge is 0.493 e. The Morgan fingerprint density at radius 3 is 2.48 bits per heavy atom. The number of carbonyl (C=O) groups is 3. The third kappa shape index (κ3) is 5.70. The first-order valence-electron chi connectivity index (χ1n) is 14.6. The van der Waals surface area contributed by atoms with Crippen molar-refractivity contribution in [1.82, 2.24) is 4.98 Å². The van der Waals surface area contributed by atoms with E-state index in [0.717, 1.165) is 57.0 Å². The van der Waals surface area contributed by atoms with Crippen LogP contribution in [0.3, 0.4) is 0 Å². The number of halogens is 3. The van der Waals surface area contributed by atoms with Gasteiger partial charge in [-0.25, -0.2) is 4.90 Å². The Morgan fingerprint density at radius 2 is 1.71 bits per heavy atom. The molecule has 3 amide bonds. The van der Waals surface area contributed by atoms with Crippen molar-refractivity contribution in [2.75, 3.05) is 23.9 Å². The Kier molecular flexibility index (Phi) is 8.00. The second kappa shape index (κ2) is 12.2. The number of fused-ring (bicyclic) bond motifs is 3. The van der Waals surface area contributed by atoms with E-state index in [1.807, 2.05) is 36.4 Å². The van der Waals surface area contributed by atoms with Crippen LogP contribution < -0.4 is 24.6 Å². The molecule has 7 rings (SSSR count). The number of imide groups is 1. The topological polar surface area (TPSA) is 118 Å². The van der Waals surface area contributed by atoms with Crippen LogP contribution in [0.25, 0.3) is 10.8 Å². The van der Waals surface area contributed by atoms with Crippen molar-refractivity contribution in [1.29, 1.82) is 0 Å². The van der Waals surface area contributed by atoms with Gasteiger partial charge >= 0.3 is 11.0 Å². The lowest BCUT2D eigenvalue weighted by molar-refractivity contribution is -0.137. The molecule has 9 nitrogen and oxygen atoms in total. The molecule has 1 saturated heterocycles. The number of hydrogen-bond acceptors (Lipinski definition) is 8. The van der Waals surface area contributed by atoms with Crippen molar-refractivity contribution in [3.63, 3.8) is 0 Å². The summed E-state index contributed by atoms with van der Waals surface area (Å²) < 4.78 is 51.8. The van der Waals surface area contributed by atoms with Gasteiger partial charge in [-0.3, -0.25) is 19.2 Å². The number of aromatic nitrogens is 1. The molecule has 0 radical (unpaired) electrons. The Morgan fingerprint density at radius 1 is 0.917 bits per heavy atom. The number of methoxy groups -OCH3 is 1. The van der Waals surface area contributed by atoms with E-state index in [2.05, 4.69) is 10.3 Å². The van der Waals surface area contributed by atoms with Crippen LogP contribution in [0.1, 0.15) is 21.9 Å². The van der Waals surface area contributed by atoms with Gasteiger partial charge in [0.1, 0.15) is 5.25 Å². The number of carbonyl (C=O) groups excluding carboxylic acids is 3. The number of hydrogen-bond donors (Lipinski definition) is 2. The Hall–Kier alpha value is -5.08. The normalized spacial score (nSPS) is 18.8. The van der Waals surface area contributed by atoms with Crippen molar-refractivity contribution in [3.8, 4) is 11.5 Å². The van der Waals surface area contributed by atoms with Crippen molar-refractivity contribution < 1.29 is 37.0 Å². The molecule has 0 spiro atoms. The fourth-order valence-electron chi connectivity index (χ4n) is 6.06. The van der Waals surface area contributed by atoms with E-state index >= 15 is 0 Å². The molecule has 0 aliphatic carbocycles. The fraction of sp³-hybridized carbons (Fsp3) is 0.176. The van der Waals surface area contributed by atoms with Gasteiger partial charge in [-0.15, -0.1) is 0 Å². The van der Waals surface area contributed by atoms with Crippen LogP contribution in [0.2, 0.25) is 0 Å². The molecule has 3 heterocycles. The van der Waals surface area contributed by atoms with Gasteiger partial charge in [-0.2, -0.15) is 13.2 Å². The quantitative estimate of drug-likeness (QED) is 0.189. The number of thioether (sulfide) groups is 1. The summed E-state index contributed by atoms with van der Waals surface area (Å²) in [6, 6.07) is 22.2. The van der Waals surface area contributed by atoms with Crippen LogP contribution >= 0.6 is 23.1 Å². The highest BCUT2D eigenvalue weighted by atomic mass is 32.2. The number of rotatable bonds is 7. The second-order valence-electron chi connectivity index (χ2n) is 11.1. The summed E-state index contributed by atoms with van der Waals surface area (Å²) in [5.41, 5.74) is -0.0626. The van der Waals surface area contributed by atoms with E-state index in [1.54, 1.807) is 24.3 Å². The standard InChI is InChI=1S/C34H24F3N3O6S2/c1-45-24-14-19(10-12-23(24)46-16-25(41)38-21-11-9-17-5-2-3-6-18(17)13-21)26-27-29(47-30-28(26)48-33(44)39-30)32(43)40(31(27)42)22-8-4-7-20(15-22)34(35,36)37/h2-15,26-27,29H,16H2,1H3,(H,38,41)(H,39,44)/t26-,27?,29?/m1/s1. The Balaban J connectivity index is 1.16. The van der Waals surface area contributed by atoms with E-state index in [4.69, 9.17) is 9.47 Å². The van der Waals surface area contributed by atoms with Gasteiger partial charge < -0.3 is 19.8 Å². The number of nitrogens with one attached hydrogen (secondary N) is 2. The number of thiazole rings is 1. The van der Waals surface area contributed by atoms with Crippen LogP contribution in [-0.2, 0) is 20.6 Å². The number of benzene rings is 4. The van der Waals surface area contributed by atoms with Crippen LogP contribution in [0.15, 0.2) is 94.7 Å². The molecule has 2 N–H and O–H groups in total. The van der Waals surface area contributed by atoms with Crippen molar-refractivity contribution in [3.05, 3.63) is 111 Å². The van der Waals surface area contributed by atoms with Gasteiger partial charge in [0.2, 0.25) is 11.8 Å². The number of nitrogens with zero attached hydrogens (tertiary/aromatic N) is 1. The zero-order chi connectivity index (χ0) is 33.7. The highest BCUT2D eigenvalue weighted by Crippen LogP contribution is 2.54. The number of anilines is 2. The monoisotopic (exact) mass is 691 g/mol. The molecule has 14 heteroatoms. The van der Waals surface area contributed by atoms with Crippen LogP contribution in [0, 0.1) is 5.92 Å². The van der Waals surface area contributed by atoms with Gasteiger partial charge in [0.05, 0.1) is 29.3 Å². The molecule has 0 bridgehead atoms. The van der Waals surface area contributed by atoms with E-state index in [1.165, 1.54) is 13.2 Å². The lowest BCUT2D eigenvalue weighted by Gasteiger charge is -2.30. The molecule has 48 heavy (non-hydrogen) atoms. The third-order valence-corrected chi connectivity index (χ3v) is 10.6. The van der Waals surface area contributed by atoms with Crippen molar-refractivity contribution >= 4 is 63.0 Å². The number of alkyl halides is 3. The lowest BCUT2D eigenvalue weighted by atomic mass is 9.83. The molecule has 0 saturated carbocycles. The maximum atomic E-state index is 14.0. The summed E-state index contributed by atoms with van der Waals surface area (Å²) >= 11 is 1.91. The Bertz CT molecular complexity index is 2160. The van der Waals surface area contributed by atoms with Crippen LogP contribution in [0.5, 0.6) is 11.5 Å². The average molecular weight is 692 g/mol. The second-order valence-corrected chi connectivity index (χ2v) is 13.3. The zero-order valence-corrected chi connectivity index (χ0v) is 26.5. The maximum absolute atomic E-state index is 14.0. The number of amides is 3. The summed E-state index contributed by atoms with van der Waals surface area (Å²) in [7, 11) is 1.40. The molecule has 2 aliphatic rings. The van der Waals surface area contributed by atoms with Crippen molar-refractivity contribution in [2.45, 2.75) is 22.4 Å². The van der Waals surface area contributed by atoms with E-state index in [0.29, 0.717) is 21.2 Å². The predicted molar refractivity (Wildman–Crippen MR) is 175 cm³/mol. The number of aromatic amines is 1.